The van der Waals surface area contributed by atoms with Crippen molar-refractivity contribution >= 4 is 17.8 Å². The van der Waals surface area contributed by atoms with E-state index in [-0.39, 0.29) is 0 Å². The number of hydrogen-bond donors (Lipinski definition) is 0. The molecular formula is C12H16O2S. The Hall–Kier alpha value is -0.770. The average Bonchev–Trinajstić information content (AvgIpc) is 2.33. The smallest absolute Gasteiger partial charge is 0.245 e. The maximum absolute atomic E-state index is 5.41. The van der Waals surface area contributed by atoms with Crippen LogP contribution >= 0.6 is 11.8 Å². The Labute approximate surface area is 95.3 Å². The van der Waals surface area contributed by atoms with Crippen molar-refractivity contribution in [2.75, 3.05) is 20.5 Å². The zero-order chi connectivity index (χ0) is 11.3. The highest BCUT2D eigenvalue weighted by molar-refractivity contribution is 7.99. The van der Waals surface area contributed by atoms with E-state index < -0.39 is 5.12 Å². The summed E-state index contributed by atoms with van der Waals surface area (Å²) in [6.07, 6.45) is 3.76. The molecule has 1 rings (SSSR count). The summed E-state index contributed by atoms with van der Waals surface area (Å²) in [4.78, 5) is 0. The van der Waals surface area contributed by atoms with E-state index in [1.165, 1.54) is 11.8 Å². The molecule has 0 aliphatic heterocycles. The first kappa shape index (κ1) is 12.3. The van der Waals surface area contributed by atoms with Crippen LogP contribution in [0.5, 0.6) is 0 Å². The van der Waals surface area contributed by atoms with Gasteiger partial charge >= 0.3 is 0 Å². The van der Waals surface area contributed by atoms with Crippen LogP contribution in [0.15, 0.2) is 30.8 Å². The van der Waals surface area contributed by atoms with Crippen LogP contribution in [-0.2, 0) is 14.6 Å². The van der Waals surface area contributed by atoms with E-state index in [0.717, 1.165) is 11.1 Å². The Kier molecular flexibility index (Phi) is 4.39. The van der Waals surface area contributed by atoms with Crippen molar-refractivity contribution in [2.45, 2.75) is 5.12 Å². The molecule has 0 saturated heterocycles. The molecule has 1 aromatic rings. The molecule has 0 fully saturated rings. The Balaban J connectivity index is 3.06. The van der Waals surface area contributed by atoms with E-state index in [1.54, 1.807) is 14.2 Å². The van der Waals surface area contributed by atoms with E-state index in [1.807, 2.05) is 36.6 Å². The van der Waals surface area contributed by atoms with Crippen LogP contribution in [0.4, 0.5) is 0 Å². The normalized spacial score (nSPS) is 11.4. The molecule has 0 heterocycles. The summed E-state index contributed by atoms with van der Waals surface area (Å²) < 4.78 is 10.8. The maximum Gasteiger partial charge on any atom is 0.245 e. The van der Waals surface area contributed by atoms with Gasteiger partial charge in [0.1, 0.15) is 0 Å². The molecule has 2 nitrogen and oxygen atoms in total. The van der Waals surface area contributed by atoms with Crippen molar-refractivity contribution < 1.29 is 9.47 Å². The molecule has 3 heteroatoms. The Morgan fingerprint density at radius 3 is 2.07 bits per heavy atom. The average molecular weight is 224 g/mol. The topological polar surface area (TPSA) is 18.5 Å². The van der Waals surface area contributed by atoms with Gasteiger partial charge in [0.15, 0.2) is 0 Å². The molecule has 0 N–H and O–H groups in total. The highest BCUT2D eigenvalue weighted by Gasteiger charge is 2.30. The van der Waals surface area contributed by atoms with Gasteiger partial charge in [0.25, 0.3) is 0 Å². The van der Waals surface area contributed by atoms with Gasteiger partial charge in [0.05, 0.1) is 0 Å². The monoisotopic (exact) mass is 224 g/mol. The summed E-state index contributed by atoms with van der Waals surface area (Å²) in [5, 5.41) is -0.709. The van der Waals surface area contributed by atoms with Crippen LogP contribution in [0.1, 0.15) is 11.1 Å². The van der Waals surface area contributed by atoms with Crippen molar-refractivity contribution in [3.05, 3.63) is 42.0 Å². The van der Waals surface area contributed by atoms with E-state index in [0.29, 0.717) is 0 Å². The van der Waals surface area contributed by atoms with Crippen LogP contribution in [-0.4, -0.2) is 20.5 Å². The largest absolute Gasteiger partial charge is 0.341 e. The van der Waals surface area contributed by atoms with E-state index in [2.05, 4.69) is 6.58 Å². The summed E-state index contributed by atoms with van der Waals surface area (Å²) in [5.41, 5.74) is 2.08. The third-order valence-electron chi connectivity index (χ3n) is 2.31. The molecule has 0 aliphatic carbocycles. The number of rotatable bonds is 5. The van der Waals surface area contributed by atoms with Crippen LogP contribution in [0, 0.1) is 0 Å². The van der Waals surface area contributed by atoms with Crippen LogP contribution in [0.2, 0.25) is 0 Å². The Bertz CT molecular complexity index is 307. The molecule has 0 atom stereocenters. The van der Waals surface area contributed by atoms with Gasteiger partial charge in [0, 0.05) is 19.8 Å². The summed E-state index contributed by atoms with van der Waals surface area (Å²) in [5.74, 6) is 0. The first-order chi connectivity index (χ1) is 7.22. The molecule has 0 amide bonds. The van der Waals surface area contributed by atoms with Crippen LogP contribution in [0.25, 0.3) is 6.08 Å². The third-order valence-corrected chi connectivity index (χ3v) is 3.41. The zero-order valence-electron chi connectivity index (χ0n) is 9.32. The second kappa shape index (κ2) is 5.35. The highest BCUT2D eigenvalue weighted by Crippen LogP contribution is 2.36. The number of methoxy groups -OCH3 is 2. The van der Waals surface area contributed by atoms with Crippen LogP contribution in [0.3, 0.4) is 0 Å². The summed E-state index contributed by atoms with van der Waals surface area (Å²) in [6, 6.07) is 7.96. The maximum atomic E-state index is 5.41. The van der Waals surface area contributed by atoms with Crippen molar-refractivity contribution in [2.24, 2.45) is 0 Å². The number of hydrogen-bond acceptors (Lipinski definition) is 3. The number of ether oxygens (including phenoxy) is 2. The lowest BCUT2D eigenvalue weighted by atomic mass is 10.1. The van der Waals surface area contributed by atoms with Crippen molar-refractivity contribution in [1.82, 2.24) is 0 Å². The predicted molar refractivity (Wildman–Crippen MR) is 65.7 cm³/mol. The molecule has 0 unspecified atom stereocenters. The summed E-state index contributed by atoms with van der Waals surface area (Å²) in [7, 11) is 3.28. The molecule has 0 spiro atoms. The second-order valence-corrected chi connectivity index (χ2v) is 3.94. The Morgan fingerprint density at radius 2 is 1.73 bits per heavy atom. The number of benzene rings is 1. The molecule has 0 aliphatic rings. The minimum atomic E-state index is -0.709. The molecule has 0 radical (unpaired) electrons. The fourth-order valence-electron chi connectivity index (χ4n) is 1.43. The van der Waals surface area contributed by atoms with Crippen molar-refractivity contribution in [3.8, 4) is 0 Å². The standard InChI is InChI=1S/C12H16O2S/c1-5-10-6-8-11(9-7-10)12(13-2,14-3)15-4/h5-9H,1H2,2-4H3. The molecule has 1 aromatic carbocycles. The quantitative estimate of drug-likeness (QED) is 0.716. The lowest BCUT2D eigenvalue weighted by Gasteiger charge is -2.29. The molecule has 0 bridgehead atoms. The molecule has 0 aromatic heterocycles. The SMILES string of the molecule is C=Cc1ccc(C(OC)(OC)SC)cc1. The first-order valence-electron chi connectivity index (χ1n) is 4.61. The van der Waals surface area contributed by atoms with Crippen molar-refractivity contribution in [3.63, 3.8) is 0 Å². The van der Waals surface area contributed by atoms with E-state index in [4.69, 9.17) is 9.47 Å². The van der Waals surface area contributed by atoms with Gasteiger partial charge in [-0.2, -0.15) is 0 Å². The van der Waals surface area contributed by atoms with Gasteiger partial charge in [-0.3, -0.25) is 0 Å². The molecular weight excluding hydrogens is 208 g/mol. The highest BCUT2D eigenvalue weighted by atomic mass is 32.2. The van der Waals surface area contributed by atoms with Gasteiger partial charge in [-0.25, -0.2) is 0 Å². The van der Waals surface area contributed by atoms with Gasteiger partial charge in [-0.05, 0) is 11.8 Å². The van der Waals surface area contributed by atoms with Gasteiger partial charge in [0.2, 0.25) is 5.12 Å². The fraction of sp³-hybridized carbons (Fsp3) is 0.333. The van der Waals surface area contributed by atoms with Crippen LogP contribution < -0.4 is 0 Å². The predicted octanol–water partition coefficient (Wildman–Crippen LogP) is 3.10. The fourth-order valence-corrected chi connectivity index (χ4v) is 2.13. The first-order valence-corrected chi connectivity index (χ1v) is 5.83. The summed E-state index contributed by atoms with van der Waals surface area (Å²) in [6.45, 7) is 3.72. The minimum absolute atomic E-state index is 0.709. The van der Waals surface area contributed by atoms with Gasteiger partial charge in [-0.1, -0.05) is 48.7 Å². The van der Waals surface area contributed by atoms with Crippen molar-refractivity contribution in [1.29, 1.82) is 0 Å². The van der Waals surface area contributed by atoms with Gasteiger partial charge in [-0.15, -0.1) is 0 Å². The van der Waals surface area contributed by atoms with Gasteiger partial charge < -0.3 is 9.47 Å². The Morgan fingerprint density at radius 1 is 1.20 bits per heavy atom. The molecule has 15 heavy (non-hydrogen) atoms. The van der Waals surface area contributed by atoms with E-state index in [9.17, 15) is 0 Å². The molecule has 82 valence electrons. The second-order valence-electron chi connectivity index (χ2n) is 2.99. The third kappa shape index (κ3) is 2.43. The zero-order valence-corrected chi connectivity index (χ0v) is 10.1. The van der Waals surface area contributed by atoms with E-state index >= 15 is 0 Å². The number of thioether (sulfide) groups is 1. The molecule has 0 saturated carbocycles. The lowest BCUT2D eigenvalue weighted by Crippen LogP contribution is -2.26. The summed E-state index contributed by atoms with van der Waals surface area (Å²) >= 11 is 1.51. The lowest BCUT2D eigenvalue weighted by molar-refractivity contribution is -0.140. The minimum Gasteiger partial charge on any atom is -0.341 e.